The molecule has 1 N–H and O–H groups in total. The Morgan fingerprint density at radius 3 is 2.71 bits per heavy atom. The Morgan fingerprint density at radius 2 is 1.96 bits per heavy atom. The van der Waals surface area contributed by atoms with Crippen molar-refractivity contribution in [2.24, 2.45) is 0 Å². The lowest BCUT2D eigenvalue weighted by molar-refractivity contribution is 0.229. The van der Waals surface area contributed by atoms with Crippen LogP contribution in [0.2, 0.25) is 0 Å². The van der Waals surface area contributed by atoms with Gasteiger partial charge in [0.15, 0.2) is 0 Å². The molecular weight excluding hydrogens is 316 g/mol. The van der Waals surface area contributed by atoms with Gasteiger partial charge in [0.25, 0.3) is 0 Å². The Kier molecular flexibility index (Phi) is 4.45. The van der Waals surface area contributed by atoms with E-state index in [2.05, 4.69) is 57.4 Å². The number of anilines is 1. The first-order valence-electron chi connectivity index (χ1n) is 8.62. The van der Waals surface area contributed by atoms with Crippen LogP contribution < -0.4 is 5.32 Å². The molecule has 124 valence electrons. The highest BCUT2D eigenvalue weighted by Crippen LogP contribution is 2.35. The Labute approximate surface area is 146 Å². The highest BCUT2D eigenvalue weighted by molar-refractivity contribution is 7.21. The smallest absolute Gasteiger partial charge is 0.138 e. The summed E-state index contributed by atoms with van der Waals surface area (Å²) in [4.78, 5) is 13.8. The number of hydrogen-bond acceptors (Lipinski definition) is 5. The number of likely N-dealkylation sites (tertiary alicyclic amines) is 1. The quantitative estimate of drug-likeness (QED) is 0.772. The summed E-state index contributed by atoms with van der Waals surface area (Å²) in [5, 5.41) is 4.80. The van der Waals surface area contributed by atoms with Crippen molar-refractivity contribution < 1.29 is 0 Å². The first-order chi connectivity index (χ1) is 11.8. The van der Waals surface area contributed by atoms with Crippen LogP contribution in [-0.4, -0.2) is 40.5 Å². The van der Waals surface area contributed by atoms with Gasteiger partial charge in [-0.05, 0) is 31.0 Å². The van der Waals surface area contributed by atoms with Crippen molar-refractivity contribution in [3.05, 3.63) is 42.7 Å². The molecule has 5 heteroatoms. The fraction of sp³-hybridized carbons (Fsp3) is 0.368. The molecule has 0 spiro atoms. The van der Waals surface area contributed by atoms with Gasteiger partial charge in [-0.15, -0.1) is 11.3 Å². The first kappa shape index (κ1) is 15.5. The van der Waals surface area contributed by atoms with Crippen molar-refractivity contribution in [2.45, 2.75) is 25.8 Å². The maximum atomic E-state index is 4.52. The van der Waals surface area contributed by atoms with Gasteiger partial charge >= 0.3 is 0 Å². The number of aromatic nitrogens is 2. The predicted octanol–water partition coefficient (Wildman–Crippen LogP) is 4.25. The van der Waals surface area contributed by atoms with Crippen LogP contribution in [0, 0.1) is 0 Å². The lowest BCUT2D eigenvalue weighted by Gasteiger charge is -2.31. The monoisotopic (exact) mass is 338 g/mol. The van der Waals surface area contributed by atoms with Gasteiger partial charge in [0, 0.05) is 24.0 Å². The molecule has 0 amide bonds. The zero-order chi connectivity index (χ0) is 16.4. The van der Waals surface area contributed by atoms with Crippen molar-refractivity contribution >= 4 is 27.4 Å². The van der Waals surface area contributed by atoms with Crippen molar-refractivity contribution in [1.82, 2.24) is 14.9 Å². The summed E-state index contributed by atoms with van der Waals surface area (Å²) in [7, 11) is 0. The second-order valence-corrected chi connectivity index (χ2v) is 7.30. The van der Waals surface area contributed by atoms with Gasteiger partial charge in [0.2, 0.25) is 0 Å². The summed E-state index contributed by atoms with van der Waals surface area (Å²) in [6, 6.07) is 13.2. The van der Waals surface area contributed by atoms with Gasteiger partial charge in [-0.3, -0.25) is 0 Å². The van der Waals surface area contributed by atoms with E-state index < -0.39 is 0 Å². The standard InChI is InChI=1S/C19H22N4S/c1-2-23-10-8-15(9-11-23)22-18-16-12-17(14-6-4-3-5-7-14)24-19(16)21-13-20-18/h3-7,12-13,15H,2,8-11H2,1H3,(H,20,21,22). The zero-order valence-corrected chi connectivity index (χ0v) is 14.7. The van der Waals surface area contributed by atoms with Crippen molar-refractivity contribution in [2.75, 3.05) is 25.0 Å². The Hall–Kier alpha value is -1.98. The largest absolute Gasteiger partial charge is 0.367 e. The van der Waals surface area contributed by atoms with E-state index in [1.165, 1.54) is 36.4 Å². The van der Waals surface area contributed by atoms with Crippen LogP contribution in [0.1, 0.15) is 19.8 Å². The van der Waals surface area contributed by atoms with E-state index in [1.54, 1.807) is 17.7 Å². The molecule has 0 radical (unpaired) electrons. The maximum Gasteiger partial charge on any atom is 0.138 e. The third kappa shape index (κ3) is 3.14. The molecule has 24 heavy (non-hydrogen) atoms. The molecule has 1 fully saturated rings. The summed E-state index contributed by atoms with van der Waals surface area (Å²) in [6.45, 7) is 5.72. The van der Waals surface area contributed by atoms with Crippen LogP contribution in [0.5, 0.6) is 0 Å². The van der Waals surface area contributed by atoms with Crippen LogP contribution in [0.25, 0.3) is 20.7 Å². The van der Waals surface area contributed by atoms with E-state index in [9.17, 15) is 0 Å². The molecule has 4 nitrogen and oxygen atoms in total. The molecule has 3 heterocycles. The van der Waals surface area contributed by atoms with Crippen LogP contribution >= 0.6 is 11.3 Å². The van der Waals surface area contributed by atoms with Crippen molar-refractivity contribution in [3.63, 3.8) is 0 Å². The number of hydrogen-bond donors (Lipinski definition) is 1. The Bertz CT molecular complexity index is 807. The third-order valence-electron chi connectivity index (χ3n) is 4.76. The number of thiophene rings is 1. The SMILES string of the molecule is CCN1CCC(Nc2ncnc3sc(-c4ccccc4)cc23)CC1. The van der Waals surface area contributed by atoms with Crippen molar-refractivity contribution in [3.8, 4) is 10.4 Å². The highest BCUT2D eigenvalue weighted by atomic mass is 32.1. The molecule has 1 saturated heterocycles. The molecule has 4 rings (SSSR count). The zero-order valence-electron chi connectivity index (χ0n) is 13.9. The minimum absolute atomic E-state index is 0.506. The lowest BCUT2D eigenvalue weighted by Crippen LogP contribution is -2.39. The number of rotatable bonds is 4. The van der Waals surface area contributed by atoms with E-state index in [0.717, 1.165) is 22.6 Å². The van der Waals surface area contributed by atoms with Crippen LogP contribution in [-0.2, 0) is 0 Å². The molecule has 2 aromatic heterocycles. The second kappa shape index (κ2) is 6.87. The summed E-state index contributed by atoms with van der Waals surface area (Å²) < 4.78 is 0. The molecule has 1 aromatic carbocycles. The van der Waals surface area contributed by atoms with Crippen LogP contribution in [0.3, 0.4) is 0 Å². The first-order valence-corrected chi connectivity index (χ1v) is 9.44. The molecule has 1 aliphatic rings. The van der Waals surface area contributed by atoms with Gasteiger partial charge in [0.05, 0.1) is 5.39 Å². The number of fused-ring (bicyclic) bond motifs is 1. The van der Waals surface area contributed by atoms with Gasteiger partial charge in [0.1, 0.15) is 17.0 Å². The van der Waals surface area contributed by atoms with Gasteiger partial charge in [-0.2, -0.15) is 0 Å². The summed E-state index contributed by atoms with van der Waals surface area (Å²) >= 11 is 1.73. The Balaban J connectivity index is 1.59. The van der Waals surface area contributed by atoms with Gasteiger partial charge < -0.3 is 10.2 Å². The molecular formula is C19H22N4S. The van der Waals surface area contributed by atoms with Gasteiger partial charge in [-0.1, -0.05) is 37.3 Å². The number of nitrogens with zero attached hydrogens (tertiary/aromatic N) is 3. The molecule has 0 unspecified atom stereocenters. The van der Waals surface area contributed by atoms with Crippen molar-refractivity contribution in [1.29, 1.82) is 0 Å². The predicted molar refractivity (Wildman–Crippen MR) is 102 cm³/mol. The summed E-state index contributed by atoms with van der Waals surface area (Å²) in [5.74, 6) is 0.980. The fourth-order valence-electron chi connectivity index (χ4n) is 3.30. The highest BCUT2D eigenvalue weighted by Gasteiger charge is 2.19. The summed E-state index contributed by atoms with van der Waals surface area (Å²) in [6.07, 6.45) is 4.03. The average Bonchev–Trinajstić information content (AvgIpc) is 3.08. The molecule has 0 atom stereocenters. The molecule has 0 aliphatic carbocycles. The third-order valence-corrected chi connectivity index (χ3v) is 5.86. The number of nitrogens with one attached hydrogen (secondary N) is 1. The van der Waals surface area contributed by atoms with Crippen LogP contribution in [0.15, 0.2) is 42.7 Å². The lowest BCUT2D eigenvalue weighted by atomic mass is 10.1. The maximum absolute atomic E-state index is 4.52. The molecule has 3 aromatic rings. The van der Waals surface area contributed by atoms with E-state index in [-0.39, 0.29) is 0 Å². The van der Waals surface area contributed by atoms with E-state index in [1.807, 2.05) is 6.07 Å². The van der Waals surface area contributed by atoms with Crippen LogP contribution in [0.4, 0.5) is 5.82 Å². The molecule has 1 aliphatic heterocycles. The molecule has 0 bridgehead atoms. The second-order valence-electron chi connectivity index (χ2n) is 6.27. The average molecular weight is 338 g/mol. The topological polar surface area (TPSA) is 41.0 Å². The Morgan fingerprint density at radius 1 is 1.17 bits per heavy atom. The van der Waals surface area contributed by atoms with E-state index in [0.29, 0.717) is 6.04 Å². The van der Waals surface area contributed by atoms with E-state index >= 15 is 0 Å². The number of piperidine rings is 1. The minimum atomic E-state index is 0.506. The fourth-order valence-corrected chi connectivity index (χ4v) is 4.31. The summed E-state index contributed by atoms with van der Waals surface area (Å²) in [5.41, 5.74) is 1.24. The normalized spacial score (nSPS) is 16.5. The van der Waals surface area contributed by atoms with Gasteiger partial charge in [-0.25, -0.2) is 9.97 Å². The number of benzene rings is 1. The minimum Gasteiger partial charge on any atom is -0.367 e. The molecule has 0 saturated carbocycles. The van der Waals surface area contributed by atoms with E-state index in [4.69, 9.17) is 0 Å².